The van der Waals surface area contributed by atoms with Gasteiger partial charge in [-0.05, 0) is 56.0 Å². The number of phenolic OH excluding ortho intramolecular Hbond substituents is 1. The summed E-state index contributed by atoms with van der Waals surface area (Å²) in [6.45, 7) is 7.73. The van der Waals surface area contributed by atoms with Crippen LogP contribution in [0, 0.1) is 12.3 Å². The molecule has 0 unspecified atom stereocenters. The summed E-state index contributed by atoms with van der Waals surface area (Å²) in [4.78, 5) is 40.1. The molecule has 2 aromatic rings. The number of nitrogens with one attached hydrogen (secondary N) is 1. The van der Waals surface area contributed by atoms with Crippen LogP contribution in [0.3, 0.4) is 0 Å². The Kier molecular flexibility index (Phi) is 7.41. The smallest absolute Gasteiger partial charge is 0.340 e. The maximum Gasteiger partial charge on any atom is 0.340 e. The van der Waals surface area contributed by atoms with Crippen molar-refractivity contribution < 1.29 is 24.2 Å². The van der Waals surface area contributed by atoms with Gasteiger partial charge in [-0.2, -0.15) is 0 Å². The van der Waals surface area contributed by atoms with E-state index in [0.29, 0.717) is 19.3 Å². The van der Waals surface area contributed by atoms with Gasteiger partial charge in [0.1, 0.15) is 11.2 Å². The van der Waals surface area contributed by atoms with E-state index in [1.807, 2.05) is 52.0 Å². The number of imide groups is 1. The van der Waals surface area contributed by atoms with Crippen LogP contribution in [0.2, 0.25) is 0 Å². The number of aromatic hydroxyl groups is 1. The molecule has 2 aromatic carbocycles. The number of β-lactam (4-membered cyclic amide) rings is 1. The standard InChI is InChI=1S/C26H32N2O5/c1-5-8-21(18-11-9-17(4)10-12-18)27-25(32)28-23(31)26(6-2,7-3)24(28)33-22(30)19-13-15-20(29)16-14-19/h9-16,21,24,29H,5-8H2,1-4H3,(H,27,32)/t21-,24-/m0/s1. The molecule has 1 aliphatic heterocycles. The molecule has 7 nitrogen and oxygen atoms in total. The molecule has 0 radical (unpaired) electrons. The highest BCUT2D eigenvalue weighted by Gasteiger charge is 2.63. The number of carbonyl (C=O) groups excluding carboxylic acids is 3. The Morgan fingerprint density at radius 2 is 1.67 bits per heavy atom. The third kappa shape index (κ3) is 4.72. The predicted octanol–water partition coefficient (Wildman–Crippen LogP) is 5.08. The molecule has 176 valence electrons. The summed E-state index contributed by atoms with van der Waals surface area (Å²) in [6, 6.07) is 12.7. The normalized spacial score (nSPS) is 17.8. The maximum absolute atomic E-state index is 13.2. The Morgan fingerprint density at radius 3 is 2.21 bits per heavy atom. The highest BCUT2D eigenvalue weighted by atomic mass is 16.6. The minimum Gasteiger partial charge on any atom is -0.508 e. The van der Waals surface area contributed by atoms with Gasteiger partial charge in [-0.1, -0.05) is 57.0 Å². The minimum atomic E-state index is -0.999. The topological polar surface area (TPSA) is 95.9 Å². The number of phenols is 1. The molecule has 0 spiro atoms. The van der Waals surface area contributed by atoms with E-state index in [2.05, 4.69) is 5.32 Å². The van der Waals surface area contributed by atoms with E-state index in [0.717, 1.165) is 22.4 Å². The van der Waals surface area contributed by atoms with E-state index in [1.165, 1.54) is 24.3 Å². The fourth-order valence-electron chi connectivity index (χ4n) is 4.29. The van der Waals surface area contributed by atoms with Gasteiger partial charge >= 0.3 is 12.0 Å². The van der Waals surface area contributed by atoms with Gasteiger partial charge in [-0.3, -0.25) is 4.79 Å². The summed E-state index contributed by atoms with van der Waals surface area (Å²) in [5.41, 5.74) is 1.37. The van der Waals surface area contributed by atoms with Crippen LogP contribution in [0.1, 0.15) is 74.0 Å². The van der Waals surface area contributed by atoms with Gasteiger partial charge in [0.05, 0.1) is 11.6 Å². The van der Waals surface area contributed by atoms with E-state index >= 15 is 0 Å². The highest BCUT2D eigenvalue weighted by Crippen LogP contribution is 2.46. The number of aryl methyl sites for hydroxylation is 1. The van der Waals surface area contributed by atoms with E-state index in [4.69, 9.17) is 4.74 Å². The van der Waals surface area contributed by atoms with Crippen molar-refractivity contribution >= 4 is 17.9 Å². The zero-order valence-electron chi connectivity index (χ0n) is 19.6. The van der Waals surface area contributed by atoms with Gasteiger partial charge in [-0.25, -0.2) is 14.5 Å². The third-order valence-electron chi connectivity index (χ3n) is 6.51. The molecular formula is C26H32N2O5. The zero-order valence-corrected chi connectivity index (χ0v) is 19.6. The first-order valence-electron chi connectivity index (χ1n) is 11.5. The van der Waals surface area contributed by atoms with Gasteiger partial charge in [0.2, 0.25) is 12.1 Å². The summed E-state index contributed by atoms with van der Waals surface area (Å²) in [5.74, 6) is -0.964. The molecule has 0 saturated carbocycles. The SMILES string of the molecule is CCC[C@H](NC(=O)N1C(=O)C(CC)(CC)[C@@H]1OC(=O)c1ccc(O)cc1)c1ccc(C)cc1. The van der Waals surface area contributed by atoms with Crippen molar-refractivity contribution in [2.24, 2.45) is 5.41 Å². The zero-order chi connectivity index (χ0) is 24.2. The van der Waals surface area contributed by atoms with Crippen molar-refractivity contribution in [3.05, 3.63) is 65.2 Å². The van der Waals surface area contributed by atoms with Crippen molar-refractivity contribution in [2.45, 2.75) is 65.6 Å². The second kappa shape index (κ2) is 10.1. The number of esters is 1. The first kappa shape index (κ1) is 24.3. The van der Waals surface area contributed by atoms with Gasteiger partial charge < -0.3 is 15.2 Å². The molecule has 3 amide bonds. The van der Waals surface area contributed by atoms with Gasteiger partial charge in [-0.15, -0.1) is 0 Å². The quantitative estimate of drug-likeness (QED) is 0.430. The van der Waals surface area contributed by atoms with Crippen LogP contribution >= 0.6 is 0 Å². The maximum atomic E-state index is 13.2. The molecule has 0 bridgehead atoms. The molecular weight excluding hydrogens is 420 g/mol. The van der Waals surface area contributed by atoms with E-state index in [1.54, 1.807) is 0 Å². The van der Waals surface area contributed by atoms with Crippen LogP contribution < -0.4 is 5.32 Å². The molecule has 0 aliphatic carbocycles. The van der Waals surface area contributed by atoms with Crippen molar-refractivity contribution in [3.8, 4) is 5.75 Å². The number of rotatable bonds is 8. The van der Waals surface area contributed by atoms with E-state index in [9.17, 15) is 19.5 Å². The number of likely N-dealkylation sites (tertiary alicyclic amines) is 1. The molecule has 2 N–H and O–H groups in total. The van der Waals surface area contributed by atoms with Gasteiger partial charge in [0.25, 0.3) is 0 Å². The third-order valence-corrected chi connectivity index (χ3v) is 6.51. The molecule has 1 aliphatic rings. The monoisotopic (exact) mass is 452 g/mol. The number of benzene rings is 2. The average Bonchev–Trinajstić information content (AvgIpc) is 2.80. The van der Waals surface area contributed by atoms with Gasteiger partial charge in [0.15, 0.2) is 0 Å². The molecule has 0 aromatic heterocycles. The van der Waals surface area contributed by atoms with Gasteiger partial charge in [0, 0.05) is 0 Å². The van der Waals surface area contributed by atoms with Crippen LogP contribution in [-0.2, 0) is 9.53 Å². The molecule has 1 saturated heterocycles. The van der Waals surface area contributed by atoms with Crippen LogP contribution in [0.15, 0.2) is 48.5 Å². The summed E-state index contributed by atoms with van der Waals surface area (Å²) in [5, 5.41) is 12.4. The summed E-state index contributed by atoms with van der Waals surface area (Å²) in [6.07, 6.45) is 1.44. The number of hydrogen-bond acceptors (Lipinski definition) is 5. The average molecular weight is 453 g/mol. The number of urea groups is 1. The highest BCUT2D eigenvalue weighted by molar-refractivity contribution is 6.04. The Balaban J connectivity index is 1.83. The number of amides is 3. The van der Waals surface area contributed by atoms with Crippen LogP contribution in [0.5, 0.6) is 5.75 Å². The minimum absolute atomic E-state index is 0.0286. The lowest BCUT2D eigenvalue weighted by Crippen LogP contribution is -2.73. The summed E-state index contributed by atoms with van der Waals surface area (Å²) in [7, 11) is 0. The Morgan fingerprint density at radius 1 is 1.06 bits per heavy atom. The predicted molar refractivity (Wildman–Crippen MR) is 125 cm³/mol. The summed E-state index contributed by atoms with van der Waals surface area (Å²) < 4.78 is 5.70. The number of nitrogens with zero attached hydrogens (tertiary/aromatic N) is 1. The van der Waals surface area contributed by atoms with Crippen LogP contribution in [0.25, 0.3) is 0 Å². The van der Waals surface area contributed by atoms with E-state index < -0.39 is 23.6 Å². The Hall–Kier alpha value is -3.35. The first-order chi connectivity index (χ1) is 15.8. The summed E-state index contributed by atoms with van der Waals surface area (Å²) >= 11 is 0. The molecule has 33 heavy (non-hydrogen) atoms. The molecule has 7 heteroatoms. The van der Waals surface area contributed by atoms with Crippen molar-refractivity contribution in [2.75, 3.05) is 0 Å². The Labute approximate surface area is 194 Å². The van der Waals surface area contributed by atoms with Crippen molar-refractivity contribution in [1.29, 1.82) is 0 Å². The molecule has 1 fully saturated rings. The largest absolute Gasteiger partial charge is 0.508 e. The fraction of sp³-hybridized carbons (Fsp3) is 0.423. The number of carbonyl (C=O) groups is 3. The Bertz CT molecular complexity index is 996. The number of hydrogen-bond donors (Lipinski definition) is 2. The lowest BCUT2D eigenvalue weighted by Gasteiger charge is -2.52. The van der Waals surface area contributed by atoms with Crippen LogP contribution in [0.4, 0.5) is 4.79 Å². The first-order valence-corrected chi connectivity index (χ1v) is 11.5. The van der Waals surface area contributed by atoms with Crippen molar-refractivity contribution in [3.63, 3.8) is 0 Å². The lowest BCUT2D eigenvalue weighted by molar-refractivity contribution is -0.197. The lowest BCUT2D eigenvalue weighted by atomic mass is 9.72. The fourth-order valence-corrected chi connectivity index (χ4v) is 4.29. The van der Waals surface area contributed by atoms with Crippen molar-refractivity contribution in [1.82, 2.24) is 10.2 Å². The number of ether oxygens (including phenoxy) is 1. The second-order valence-corrected chi connectivity index (χ2v) is 8.54. The second-order valence-electron chi connectivity index (χ2n) is 8.54. The van der Waals surface area contributed by atoms with Crippen LogP contribution in [-0.4, -0.2) is 34.1 Å². The molecule has 1 heterocycles. The molecule has 3 rings (SSSR count). The molecule has 2 atom stereocenters. The van der Waals surface area contributed by atoms with E-state index in [-0.39, 0.29) is 23.3 Å².